The first kappa shape index (κ1) is 31.6. The average Bonchev–Trinajstić information content (AvgIpc) is 3.37. The lowest BCUT2D eigenvalue weighted by Crippen LogP contribution is -2.68. The number of para-hydroxylation sites is 1. The SMILES string of the molecule is C=C(C)[C@@H]1CC[C@@]2(C(=O)O)[C@H]1[C@H]1CC[C@@H]3[C@@]4(C)CC[C@H](O)C(C)(C)[C@@H]4CC[C@@]3(C)[C@]1(C)C[C@H]2C(=O)C=Cc1ccccc1O. The van der Waals surface area contributed by atoms with E-state index in [9.17, 15) is 24.9 Å². The van der Waals surface area contributed by atoms with Crippen LogP contribution in [0.5, 0.6) is 5.75 Å². The Morgan fingerprint density at radius 2 is 1.61 bits per heavy atom. The molecule has 5 aliphatic carbocycles. The molecule has 0 aliphatic heterocycles. The molecule has 0 bridgehead atoms. The van der Waals surface area contributed by atoms with Crippen LogP contribution in [0.3, 0.4) is 0 Å². The molecule has 0 spiro atoms. The average molecular weight is 603 g/mol. The normalized spacial score (nSPS) is 45.9. The number of aliphatic hydroxyl groups excluding tert-OH is 1. The molecule has 5 saturated carbocycles. The first-order valence-corrected chi connectivity index (χ1v) is 17.1. The van der Waals surface area contributed by atoms with E-state index in [0.717, 1.165) is 50.5 Å². The predicted octanol–water partition coefficient (Wildman–Crippen LogP) is 8.30. The zero-order valence-electron chi connectivity index (χ0n) is 27.7. The van der Waals surface area contributed by atoms with Crippen molar-refractivity contribution in [1.29, 1.82) is 0 Å². The van der Waals surface area contributed by atoms with Gasteiger partial charge in [-0.25, -0.2) is 0 Å². The maximum Gasteiger partial charge on any atom is 0.310 e. The van der Waals surface area contributed by atoms with Crippen molar-refractivity contribution < 1.29 is 24.9 Å². The lowest BCUT2D eigenvalue weighted by Gasteiger charge is -2.73. The highest BCUT2D eigenvalue weighted by Gasteiger charge is 2.74. The largest absolute Gasteiger partial charge is 0.507 e. The summed E-state index contributed by atoms with van der Waals surface area (Å²) in [6, 6.07) is 6.95. The topological polar surface area (TPSA) is 94.8 Å². The quantitative estimate of drug-likeness (QED) is 0.233. The van der Waals surface area contributed by atoms with Gasteiger partial charge in [0.1, 0.15) is 5.75 Å². The van der Waals surface area contributed by atoms with Crippen LogP contribution in [0, 0.1) is 62.6 Å². The number of rotatable bonds is 5. The Morgan fingerprint density at radius 3 is 2.27 bits per heavy atom. The van der Waals surface area contributed by atoms with E-state index in [1.807, 2.05) is 6.07 Å². The molecule has 5 fully saturated rings. The number of fused-ring (bicyclic) bond motifs is 7. The molecular weight excluding hydrogens is 548 g/mol. The number of carbonyl (C=O) groups excluding carboxylic acids is 1. The Morgan fingerprint density at radius 1 is 0.909 bits per heavy atom. The van der Waals surface area contributed by atoms with Gasteiger partial charge < -0.3 is 15.3 Å². The molecule has 5 aliphatic rings. The number of carbonyl (C=O) groups is 2. The minimum atomic E-state index is -1.12. The van der Waals surface area contributed by atoms with Gasteiger partial charge in [0, 0.05) is 11.5 Å². The van der Waals surface area contributed by atoms with Gasteiger partial charge in [-0.15, -0.1) is 0 Å². The van der Waals surface area contributed by atoms with Crippen molar-refractivity contribution >= 4 is 17.8 Å². The van der Waals surface area contributed by atoms with E-state index in [1.165, 1.54) is 0 Å². The minimum absolute atomic E-state index is 0.0492. The van der Waals surface area contributed by atoms with Crippen LogP contribution in [0.25, 0.3) is 6.08 Å². The molecule has 0 radical (unpaired) electrons. The van der Waals surface area contributed by atoms with Crippen LogP contribution >= 0.6 is 0 Å². The lowest BCUT2D eigenvalue weighted by atomic mass is 9.31. The van der Waals surface area contributed by atoms with Crippen LogP contribution in [0.1, 0.15) is 105 Å². The van der Waals surface area contributed by atoms with E-state index in [4.69, 9.17) is 0 Å². The van der Waals surface area contributed by atoms with Gasteiger partial charge in [-0.1, -0.05) is 65.0 Å². The van der Waals surface area contributed by atoms with Gasteiger partial charge in [-0.05, 0) is 134 Å². The van der Waals surface area contributed by atoms with Crippen LogP contribution in [-0.4, -0.2) is 33.2 Å². The van der Waals surface area contributed by atoms with Crippen LogP contribution < -0.4 is 0 Å². The Bertz CT molecular complexity index is 1390. The number of phenolic OH excluding ortho intramolecular Hbond substituents is 1. The summed E-state index contributed by atoms with van der Waals surface area (Å²) in [5.74, 6) is -0.427. The maximum atomic E-state index is 14.4. The van der Waals surface area contributed by atoms with E-state index in [0.29, 0.717) is 30.2 Å². The molecule has 5 nitrogen and oxygen atoms in total. The van der Waals surface area contributed by atoms with E-state index >= 15 is 0 Å². The second-order valence-corrected chi connectivity index (χ2v) is 17.0. The van der Waals surface area contributed by atoms with Crippen LogP contribution in [0.4, 0.5) is 0 Å². The summed E-state index contributed by atoms with van der Waals surface area (Å²) in [6.45, 7) is 18.4. The summed E-state index contributed by atoms with van der Waals surface area (Å²) < 4.78 is 0. The number of carboxylic acids is 1. The third-order valence-corrected chi connectivity index (χ3v) is 15.2. The molecule has 3 N–H and O–H groups in total. The molecule has 11 atom stereocenters. The summed E-state index contributed by atoms with van der Waals surface area (Å²) in [6.07, 6.45) is 10.8. The molecule has 1 aromatic rings. The van der Waals surface area contributed by atoms with Gasteiger partial charge in [0.2, 0.25) is 0 Å². The van der Waals surface area contributed by atoms with Crippen molar-refractivity contribution in [3.8, 4) is 5.75 Å². The number of aromatic hydroxyl groups is 1. The Labute approximate surface area is 264 Å². The van der Waals surface area contributed by atoms with Gasteiger partial charge in [0.25, 0.3) is 0 Å². The fraction of sp³-hybridized carbons (Fsp3) is 0.692. The van der Waals surface area contributed by atoms with Gasteiger partial charge in [-0.3, -0.25) is 9.59 Å². The minimum Gasteiger partial charge on any atom is -0.507 e. The highest BCUT2D eigenvalue weighted by atomic mass is 16.4. The number of hydrogen-bond donors (Lipinski definition) is 3. The number of ketones is 1. The summed E-state index contributed by atoms with van der Waals surface area (Å²) in [5.41, 5.74) is 0.185. The Hall–Kier alpha value is -2.40. The van der Waals surface area contributed by atoms with Crippen LogP contribution in [0.2, 0.25) is 0 Å². The van der Waals surface area contributed by atoms with Gasteiger partial charge in [0.15, 0.2) is 5.78 Å². The summed E-state index contributed by atoms with van der Waals surface area (Å²) >= 11 is 0. The summed E-state index contributed by atoms with van der Waals surface area (Å²) in [5, 5.41) is 32.6. The van der Waals surface area contributed by atoms with Gasteiger partial charge >= 0.3 is 5.97 Å². The number of carboxylic acid groups (broad SMARTS) is 1. The molecule has 5 heteroatoms. The van der Waals surface area contributed by atoms with Crippen LogP contribution in [0.15, 0.2) is 42.5 Å². The lowest BCUT2D eigenvalue weighted by molar-refractivity contribution is -0.255. The van der Waals surface area contributed by atoms with Gasteiger partial charge in [0.05, 0.1) is 11.5 Å². The summed E-state index contributed by atoms with van der Waals surface area (Å²) in [7, 11) is 0. The third-order valence-electron chi connectivity index (χ3n) is 15.2. The Kier molecular flexibility index (Phi) is 7.40. The first-order chi connectivity index (χ1) is 20.6. The second kappa shape index (κ2) is 10.3. The molecule has 6 rings (SSSR count). The molecule has 240 valence electrons. The van der Waals surface area contributed by atoms with E-state index in [-0.39, 0.29) is 57.1 Å². The van der Waals surface area contributed by atoms with Crippen LogP contribution in [-0.2, 0) is 9.59 Å². The molecule has 0 amide bonds. The molecule has 0 aromatic heterocycles. The monoisotopic (exact) mass is 602 g/mol. The number of aliphatic carboxylic acids is 1. The van der Waals surface area contributed by atoms with Crippen molar-refractivity contribution in [2.24, 2.45) is 62.6 Å². The smallest absolute Gasteiger partial charge is 0.310 e. The second-order valence-electron chi connectivity index (χ2n) is 17.0. The van der Waals surface area contributed by atoms with E-state index < -0.39 is 17.3 Å². The fourth-order valence-corrected chi connectivity index (χ4v) is 12.9. The third kappa shape index (κ3) is 4.06. The number of benzene rings is 1. The highest BCUT2D eigenvalue weighted by Crippen LogP contribution is 2.78. The maximum absolute atomic E-state index is 14.4. The first-order valence-electron chi connectivity index (χ1n) is 17.1. The Balaban J connectivity index is 1.47. The van der Waals surface area contributed by atoms with Crippen molar-refractivity contribution in [3.63, 3.8) is 0 Å². The molecular formula is C39H54O5. The van der Waals surface area contributed by atoms with Crippen molar-refractivity contribution in [1.82, 2.24) is 0 Å². The molecule has 44 heavy (non-hydrogen) atoms. The van der Waals surface area contributed by atoms with Crippen molar-refractivity contribution in [3.05, 3.63) is 48.1 Å². The number of aliphatic hydroxyl groups is 1. The predicted molar refractivity (Wildman–Crippen MR) is 174 cm³/mol. The van der Waals surface area contributed by atoms with Crippen molar-refractivity contribution in [2.75, 3.05) is 0 Å². The standard InChI is InChI=1S/C39H54O5/c1-23(2)25-16-21-39(34(43)44)27(29(41)14-12-24-10-8-9-11-28(24)40)22-38(7)26(33(25)39)13-15-31-36(5)19-18-32(42)35(3,4)30(36)17-20-37(31,38)6/h8-12,14,25-27,30-33,40,42H,1,13,15-22H2,2-7H3,(H,43,44)/t25-,26+,27-,30-,31+,32-,33+,36-,37+,38+,39-/m0/s1. The fourth-order valence-electron chi connectivity index (χ4n) is 12.9. The number of allylic oxidation sites excluding steroid dienone is 2. The highest BCUT2D eigenvalue weighted by molar-refractivity contribution is 5.99. The molecule has 0 heterocycles. The molecule has 0 unspecified atom stereocenters. The van der Waals surface area contributed by atoms with Crippen molar-refractivity contribution in [2.45, 2.75) is 105 Å². The van der Waals surface area contributed by atoms with E-state index in [1.54, 1.807) is 30.4 Å². The zero-order valence-corrected chi connectivity index (χ0v) is 27.7. The zero-order chi connectivity index (χ0) is 32.0. The summed E-state index contributed by atoms with van der Waals surface area (Å²) in [4.78, 5) is 28.0. The van der Waals surface area contributed by atoms with Gasteiger partial charge in [-0.2, -0.15) is 0 Å². The molecule has 0 saturated heterocycles. The molecule has 1 aromatic carbocycles. The van der Waals surface area contributed by atoms with E-state index in [2.05, 4.69) is 48.1 Å². The number of phenols is 1. The number of hydrogen-bond acceptors (Lipinski definition) is 4.